The number of nitrogens with zero attached hydrogens (tertiary/aromatic N) is 3. The lowest BCUT2D eigenvalue weighted by Crippen LogP contribution is -2.48. The molecule has 1 unspecified atom stereocenters. The highest BCUT2D eigenvalue weighted by Gasteiger charge is 2.39. The van der Waals surface area contributed by atoms with E-state index in [4.69, 9.17) is 0 Å². The summed E-state index contributed by atoms with van der Waals surface area (Å²) in [5.74, 6) is 0.0455. The average Bonchev–Trinajstić information content (AvgIpc) is 3.01. The Morgan fingerprint density at radius 3 is 2.78 bits per heavy atom. The highest BCUT2D eigenvalue weighted by Crippen LogP contribution is 2.34. The second-order valence-corrected chi connectivity index (χ2v) is 6.90. The van der Waals surface area contributed by atoms with Crippen molar-refractivity contribution in [1.29, 1.82) is 0 Å². The minimum atomic E-state index is 0.0455. The first-order valence-electron chi connectivity index (χ1n) is 8.64. The van der Waals surface area contributed by atoms with E-state index in [1.807, 2.05) is 22.9 Å². The van der Waals surface area contributed by atoms with Crippen LogP contribution in [0.1, 0.15) is 43.0 Å². The Kier molecular flexibility index (Phi) is 3.60. The Bertz CT molecular complexity index is 724. The summed E-state index contributed by atoms with van der Waals surface area (Å²) in [6, 6.07) is 5.46. The largest absolute Gasteiger partial charge is 0.349 e. The van der Waals surface area contributed by atoms with E-state index in [1.54, 1.807) is 6.20 Å². The van der Waals surface area contributed by atoms with Gasteiger partial charge in [0, 0.05) is 42.5 Å². The summed E-state index contributed by atoms with van der Waals surface area (Å²) in [7, 11) is 2.22. The number of hydrogen-bond acceptors (Lipinski definition) is 3. The van der Waals surface area contributed by atoms with Crippen LogP contribution in [0.3, 0.4) is 0 Å². The van der Waals surface area contributed by atoms with Crippen LogP contribution in [-0.2, 0) is 6.54 Å². The number of carbonyl (C=O) groups is 1. The summed E-state index contributed by atoms with van der Waals surface area (Å²) >= 11 is 0. The summed E-state index contributed by atoms with van der Waals surface area (Å²) in [6.07, 6.45) is 8.41. The van der Waals surface area contributed by atoms with Gasteiger partial charge in [-0.1, -0.05) is 0 Å². The number of pyridine rings is 1. The van der Waals surface area contributed by atoms with E-state index in [0.717, 1.165) is 36.0 Å². The van der Waals surface area contributed by atoms with Crippen LogP contribution < -0.4 is 5.32 Å². The smallest absolute Gasteiger partial charge is 0.253 e. The monoisotopic (exact) mass is 312 g/mol. The van der Waals surface area contributed by atoms with Crippen LogP contribution in [0.5, 0.6) is 0 Å². The maximum Gasteiger partial charge on any atom is 0.253 e. The molecule has 2 fully saturated rings. The molecule has 4 rings (SSSR count). The Hall–Kier alpha value is -1.88. The molecule has 0 radical (unpaired) electrons. The van der Waals surface area contributed by atoms with E-state index < -0.39 is 0 Å². The average molecular weight is 312 g/mol. The van der Waals surface area contributed by atoms with E-state index in [0.29, 0.717) is 18.1 Å². The summed E-state index contributed by atoms with van der Waals surface area (Å²) < 4.78 is 2.04. The minimum absolute atomic E-state index is 0.0455. The second kappa shape index (κ2) is 5.64. The molecule has 2 aromatic rings. The predicted molar refractivity (Wildman–Crippen MR) is 90.5 cm³/mol. The van der Waals surface area contributed by atoms with Gasteiger partial charge in [-0.2, -0.15) is 0 Å². The van der Waals surface area contributed by atoms with Gasteiger partial charge in [-0.15, -0.1) is 0 Å². The fraction of sp³-hybridized carbons (Fsp3) is 0.556. The number of fused-ring (bicyclic) bond motifs is 3. The minimum Gasteiger partial charge on any atom is -0.349 e. The Morgan fingerprint density at radius 1 is 1.35 bits per heavy atom. The third-order valence-corrected chi connectivity index (χ3v) is 5.65. The lowest BCUT2D eigenvalue weighted by atomic mass is 9.97. The van der Waals surface area contributed by atoms with Crippen molar-refractivity contribution in [1.82, 2.24) is 19.8 Å². The maximum absolute atomic E-state index is 12.8. The molecule has 2 aliphatic heterocycles. The molecule has 0 aromatic carbocycles. The first-order valence-corrected chi connectivity index (χ1v) is 8.64. The van der Waals surface area contributed by atoms with Gasteiger partial charge in [0.05, 0.1) is 5.56 Å². The normalized spacial score (nSPS) is 27.5. The van der Waals surface area contributed by atoms with E-state index in [2.05, 4.69) is 29.2 Å². The van der Waals surface area contributed by atoms with E-state index in [1.165, 1.54) is 12.8 Å². The quantitative estimate of drug-likeness (QED) is 0.947. The molecule has 2 bridgehead atoms. The van der Waals surface area contributed by atoms with Gasteiger partial charge in [0.25, 0.3) is 5.91 Å². The lowest BCUT2D eigenvalue weighted by Gasteiger charge is -2.36. The van der Waals surface area contributed by atoms with Gasteiger partial charge < -0.3 is 14.8 Å². The molecule has 0 saturated carbocycles. The molecule has 5 nitrogen and oxygen atoms in total. The van der Waals surface area contributed by atoms with Crippen molar-refractivity contribution in [3.05, 3.63) is 30.1 Å². The molecule has 0 aliphatic carbocycles. The molecular weight excluding hydrogens is 288 g/mol. The van der Waals surface area contributed by atoms with Gasteiger partial charge in [-0.05, 0) is 51.8 Å². The predicted octanol–water partition coefficient (Wildman–Crippen LogP) is 2.41. The van der Waals surface area contributed by atoms with E-state index >= 15 is 0 Å². The highest BCUT2D eigenvalue weighted by molar-refractivity contribution is 6.06. The van der Waals surface area contributed by atoms with Crippen LogP contribution in [0.15, 0.2) is 24.5 Å². The van der Waals surface area contributed by atoms with Gasteiger partial charge in [0.15, 0.2) is 0 Å². The van der Waals surface area contributed by atoms with Crippen LogP contribution in [0.4, 0.5) is 0 Å². The summed E-state index contributed by atoms with van der Waals surface area (Å²) in [5.41, 5.74) is 1.64. The molecule has 1 N–H and O–H groups in total. The highest BCUT2D eigenvalue weighted by atomic mass is 16.1. The van der Waals surface area contributed by atoms with Crippen LogP contribution >= 0.6 is 0 Å². The summed E-state index contributed by atoms with van der Waals surface area (Å²) in [6.45, 7) is 2.89. The van der Waals surface area contributed by atoms with Crippen LogP contribution in [-0.4, -0.2) is 45.5 Å². The zero-order valence-corrected chi connectivity index (χ0v) is 13.8. The number of nitrogens with one attached hydrogen (secondary N) is 1. The standard InChI is InChI=1S/C18H24N4O/c1-3-22-11-16(15-5-4-8-19-17(15)22)18(23)20-12-9-13-6-7-14(10-12)21(13)2/h4-5,8,11-14H,3,6-7,9-10H2,1-2H3,(H,20,23)/t12?,13-,14+. The molecule has 4 heterocycles. The third kappa shape index (κ3) is 2.43. The van der Waals surface area contributed by atoms with Gasteiger partial charge in [-0.25, -0.2) is 4.98 Å². The number of rotatable bonds is 3. The fourth-order valence-electron chi connectivity index (χ4n) is 4.34. The molecule has 2 aliphatic rings. The van der Waals surface area contributed by atoms with Crippen molar-refractivity contribution < 1.29 is 4.79 Å². The first kappa shape index (κ1) is 14.7. The Labute approximate surface area is 136 Å². The van der Waals surface area contributed by atoms with Gasteiger partial charge in [0.1, 0.15) is 5.65 Å². The van der Waals surface area contributed by atoms with E-state index in [-0.39, 0.29) is 5.91 Å². The Morgan fingerprint density at radius 2 is 2.09 bits per heavy atom. The first-order chi connectivity index (χ1) is 11.2. The molecule has 122 valence electrons. The molecule has 1 amide bonds. The molecule has 23 heavy (non-hydrogen) atoms. The van der Waals surface area contributed by atoms with Crippen molar-refractivity contribution in [3.8, 4) is 0 Å². The number of aryl methyl sites for hydroxylation is 1. The Balaban J connectivity index is 1.56. The van der Waals surface area contributed by atoms with Crippen LogP contribution in [0.2, 0.25) is 0 Å². The van der Waals surface area contributed by atoms with Crippen molar-refractivity contribution >= 4 is 16.9 Å². The summed E-state index contributed by atoms with van der Waals surface area (Å²) in [5, 5.41) is 4.23. The molecular formula is C18H24N4O. The van der Waals surface area contributed by atoms with E-state index in [9.17, 15) is 4.79 Å². The number of hydrogen-bond donors (Lipinski definition) is 1. The van der Waals surface area contributed by atoms with Crippen molar-refractivity contribution in [2.45, 2.75) is 57.3 Å². The lowest BCUT2D eigenvalue weighted by molar-refractivity contribution is 0.0884. The van der Waals surface area contributed by atoms with Gasteiger partial charge in [0.2, 0.25) is 0 Å². The summed E-state index contributed by atoms with van der Waals surface area (Å²) in [4.78, 5) is 19.7. The molecule has 2 aromatic heterocycles. The maximum atomic E-state index is 12.8. The molecule has 5 heteroatoms. The SMILES string of the molecule is CCn1cc(C(=O)NC2C[C@H]3CC[C@@H](C2)N3C)c2cccnc21. The van der Waals surface area contributed by atoms with Crippen LogP contribution in [0, 0.1) is 0 Å². The topological polar surface area (TPSA) is 50.2 Å². The number of aromatic nitrogens is 2. The molecule has 0 spiro atoms. The molecule has 3 atom stereocenters. The van der Waals surface area contributed by atoms with Crippen molar-refractivity contribution in [2.75, 3.05) is 7.05 Å². The zero-order chi connectivity index (χ0) is 16.0. The van der Waals surface area contributed by atoms with Crippen molar-refractivity contribution in [2.24, 2.45) is 0 Å². The van der Waals surface area contributed by atoms with Crippen molar-refractivity contribution in [3.63, 3.8) is 0 Å². The third-order valence-electron chi connectivity index (χ3n) is 5.65. The molecule has 2 saturated heterocycles. The van der Waals surface area contributed by atoms with Crippen LogP contribution in [0.25, 0.3) is 11.0 Å². The number of carbonyl (C=O) groups excluding carboxylic acids is 1. The second-order valence-electron chi connectivity index (χ2n) is 6.90. The van der Waals surface area contributed by atoms with Gasteiger partial charge in [-0.3, -0.25) is 4.79 Å². The number of amides is 1. The fourth-order valence-corrected chi connectivity index (χ4v) is 4.34. The van der Waals surface area contributed by atoms with Gasteiger partial charge >= 0.3 is 0 Å². The number of piperidine rings is 1. The zero-order valence-electron chi connectivity index (χ0n) is 13.8.